The van der Waals surface area contributed by atoms with Crippen molar-refractivity contribution in [3.8, 4) is 0 Å². The highest BCUT2D eigenvalue weighted by molar-refractivity contribution is 5.87. The average Bonchev–Trinajstić information content (AvgIpc) is 2.79. The third-order valence-electron chi connectivity index (χ3n) is 5.42. The molecule has 5 nitrogen and oxygen atoms in total. The largest absolute Gasteiger partial charge is 0.344 e. The zero-order chi connectivity index (χ0) is 17.1. The number of likely N-dealkylation sites (N-methyl/N-ethyl adjacent to an activating group) is 1. The Bertz CT molecular complexity index is 590. The first kappa shape index (κ1) is 17.0. The SMILES string of the molecule is CC(=O)N[C@@H](Cc1ccccc1)C(=O)N1CCC2CCC(C1)N2C. The maximum atomic E-state index is 13.1. The molecule has 2 saturated heterocycles. The Balaban J connectivity index is 1.72. The molecule has 2 bridgehead atoms. The van der Waals surface area contributed by atoms with Gasteiger partial charge in [0.25, 0.3) is 0 Å². The number of fused-ring (bicyclic) bond motifs is 2. The summed E-state index contributed by atoms with van der Waals surface area (Å²) in [5.41, 5.74) is 1.07. The maximum Gasteiger partial charge on any atom is 0.245 e. The molecule has 2 aliphatic heterocycles. The van der Waals surface area contributed by atoms with E-state index in [4.69, 9.17) is 0 Å². The van der Waals surface area contributed by atoms with E-state index < -0.39 is 6.04 Å². The van der Waals surface area contributed by atoms with Crippen LogP contribution in [0.1, 0.15) is 31.7 Å². The van der Waals surface area contributed by atoms with Crippen LogP contribution >= 0.6 is 0 Å². The van der Waals surface area contributed by atoms with Gasteiger partial charge in [0.05, 0.1) is 0 Å². The fraction of sp³-hybridized carbons (Fsp3) is 0.579. The Kier molecular flexibility index (Phi) is 5.19. The first-order chi connectivity index (χ1) is 11.5. The molecule has 3 atom stereocenters. The summed E-state index contributed by atoms with van der Waals surface area (Å²) in [5.74, 6) is -0.104. The lowest BCUT2D eigenvalue weighted by atomic mass is 10.0. The summed E-state index contributed by atoms with van der Waals surface area (Å²) in [6, 6.07) is 10.5. The summed E-state index contributed by atoms with van der Waals surface area (Å²) in [6.45, 7) is 3.04. The van der Waals surface area contributed by atoms with E-state index >= 15 is 0 Å². The second-order valence-corrected chi connectivity index (χ2v) is 7.07. The van der Waals surface area contributed by atoms with Gasteiger partial charge in [0.2, 0.25) is 11.8 Å². The van der Waals surface area contributed by atoms with Crippen molar-refractivity contribution in [3.63, 3.8) is 0 Å². The maximum absolute atomic E-state index is 13.1. The zero-order valence-electron chi connectivity index (χ0n) is 14.6. The monoisotopic (exact) mass is 329 g/mol. The van der Waals surface area contributed by atoms with Crippen molar-refractivity contribution >= 4 is 11.8 Å². The Morgan fingerprint density at radius 1 is 1.17 bits per heavy atom. The van der Waals surface area contributed by atoms with Gasteiger partial charge in [-0.25, -0.2) is 0 Å². The average molecular weight is 329 g/mol. The predicted octanol–water partition coefficient (Wildman–Crippen LogP) is 1.43. The molecule has 1 aromatic rings. The molecule has 2 amide bonds. The first-order valence-electron chi connectivity index (χ1n) is 8.86. The number of carbonyl (C=O) groups excluding carboxylic acids is 2. The number of hydrogen-bond acceptors (Lipinski definition) is 3. The van der Waals surface area contributed by atoms with Crippen LogP contribution in [0.5, 0.6) is 0 Å². The summed E-state index contributed by atoms with van der Waals surface area (Å²) in [7, 11) is 2.17. The highest BCUT2D eigenvalue weighted by Crippen LogP contribution is 2.28. The highest BCUT2D eigenvalue weighted by atomic mass is 16.2. The van der Waals surface area contributed by atoms with Gasteiger partial charge in [0.15, 0.2) is 0 Å². The van der Waals surface area contributed by atoms with E-state index in [9.17, 15) is 9.59 Å². The topological polar surface area (TPSA) is 52.7 Å². The molecule has 24 heavy (non-hydrogen) atoms. The molecule has 5 heteroatoms. The predicted molar refractivity (Wildman–Crippen MR) is 93.5 cm³/mol. The van der Waals surface area contributed by atoms with Crippen molar-refractivity contribution in [1.29, 1.82) is 0 Å². The summed E-state index contributed by atoms with van der Waals surface area (Å²) in [6.07, 6.45) is 3.97. The zero-order valence-corrected chi connectivity index (χ0v) is 14.6. The van der Waals surface area contributed by atoms with Gasteiger partial charge >= 0.3 is 0 Å². The van der Waals surface area contributed by atoms with Crippen molar-refractivity contribution in [2.75, 3.05) is 20.1 Å². The van der Waals surface area contributed by atoms with Crippen LogP contribution in [0.3, 0.4) is 0 Å². The van der Waals surface area contributed by atoms with Gasteiger partial charge in [-0.2, -0.15) is 0 Å². The van der Waals surface area contributed by atoms with E-state index in [2.05, 4.69) is 17.3 Å². The molecule has 2 fully saturated rings. The van der Waals surface area contributed by atoms with E-state index in [-0.39, 0.29) is 11.8 Å². The minimum Gasteiger partial charge on any atom is -0.344 e. The standard InChI is InChI=1S/C19H27N3O2/c1-14(23)20-18(12-15-6-4-3-5-7-15)19(24)22-11-10-16-8-9-17(13-22)21(16)2/h3-7,16-18H,8-13H2,1-2H3,(H,20,23)/t16?,17?,18-/m0/s1. The molecule has 2 unspecified atom stereocenters. The second-order valence-electron chi connectivity index (χ2n) is 7.07. The minimum atomic E-state index is -0.480. The lowest BCUT2D eigenvalue weighted by Gasteiger charge is -2.29. The molecule has 3 rings (SSSR count). The third-order valence-corrected chi connectivity index (χ3v) is 5.42. The number of amides is 2. The van der Waals surface area contributed by atoms with Gasteiger partial charge in [-0.3, -0.25) is 14.5 Å². The molecular formula is C19H27N3O2. The van der Waals surface area contributed by atoms with E-state index in [0.717, 1.165) is 31.5 Å². The van der Waals surface area contributed by atoms with Crippen LogP contribution in [0, 0.1) is 0 Å². The number of hydrogen-bond donors (Lipinski definition) is 1. The molecule has 0 spiro atoms. The summed E-state index contributed by atoms with van der Waals surface area (Å²) in [4.78, 5) is 29.0. The Hall–Kier alpha value is -1.88. The van der Waals surface area contributed by atoms with Gasteiger partial charge < -0.3 is 10.2 Å². The van der Waals surface area contributed by atoms with E-state index in [0.29, 0.717) is 18.5 Å². The normalized spacial score (nSPS) is 25.2. The van der Waals surface area contributed by atoms with Gasteiger partial charge in [0, 0.05) is 38.5 Å². The summed E-state index contributed by atoms with van der Waals surface area (Å²) >= 11 is 0. The smallest absolute Gasteiger partial charge is 0.245 e. The van der Waals surface area contributed by atoms with Crippen molar-refractivity contribution in [2.45, 2.75) is 50.7 Å². The quantitative estimate of drug-likeness (QED) is 0.909. The Labute approximate surface area is 144 Å². The lowest BCUT2D eigenvalue weighted by molar-refractivity contribution is -0.136. The van der Waals surface area contributed by atoms with Crippen LogP contribution in [0.15, 0.2) is 30.3 Å². The highest BCUT2D eigenvalue weighted by Gasteiger charge is 2.37. The first-order valence-corrected chi connectivity index (χ1v) is 8.86. The van der Waals surface area contributed by atoms with E-state index in [1.165, 1.54) is 13.3 Å². The molecule has 0 aromatic heterocycles. The third kappa shape index (κ3) is 3.78. The molecule has 0 saturated carbocycles. The fourth-order valence-corrected chi connectivity index (χ4v) is 4.02. The number of carbonyl (C=O) groups is 2. The van der Waals surface area contributed by atoms with Crippen molar-refractivity contribution in [1.82, 2.24) is 15.1 Å². The van der Waals surface area contributed by atoms with Gasteiger partial charge in [-0.05, 0) is 31.9 Å². The molecule has 0 aliphatic carbocycles. The summed E-state index contributed by atoms with van der Waals surface area (Å²) in [5, 5.41) is 2.86. The van der Waals surface area contributed by atoms with Crippen LogP contribution in [-0.4, -0.2) is 59.9 Å². The molecule has 1 N–H and O–H groups in total. The number of nitrogens with one attached hydrogen (secondary N) is 1. The molecule has 0 radical (unpaired) electrons. The lowest BCUT2D eigenvalue weighted by Crippen LogP contribution is -2.51. The van der Waals surface area contributed by atoms with E-state index in [1.807, 2.05) is 35.2 Å². The molecule has 1 aromatic carbocycles. The van der Waals surface area contributed by atoms with Crippen LogP contribution in [0.2, 0.25) is 0 Å². The van der Waals surface area contributed by atoms with Gasteiger partial charge in [-0.15, -0.1) is 0 Å². The van der Waals surface area contributed by atoms with E-state index in [1.54, 1.807) is 0 Å². The Morgan fingerprint density at radius 3 is 2.58 bits per heavy atom. The molecule has 2 aliphatic rings. The van der Waals surface area contributed by atoms with Gasteiger partial charge in [-0.1, -0.05) is 30.3 Å². The van der Waals surface area contributed by atoms with Crippen molar-refractivity contribution < 1.29 is 9.59 Å². The minimum absolute atomic E-state index is 0.0509. The van der Waals surface area contributed by atoms with Gasteiger partial charge in [0.1, 0.15) is 6.04 Å². The summed E-state index contributed by atoms with van der Waals surface area (Å²) < 4.78 is 0. The molecule has 2 heterocycles. The fourth-order valence-electron chi connectivity index (χ4n) is 4.02. The van der Waals surface area contributed by atoms with Crippen LogP contribution in [-0.2, 0) is 16.0 Å². The molecule has 130 valence electrons. The van der Waals surface area contributed by atoms with Crippen LogP contribution < -0.4 is 5.32 Å². The van der Waals surface area contributed by atoms with Crippen molar-refractivity contribution in [3.05, 3.63) is 35.9 Å². The number of rotatable bonds is 4. The Morgan fingerprint density at radius 2 is 1.88 bits per heavy atom. The number of nitrogens with zero attached hydrogens (tertiary/aromatic N) is 2. The second kappa shape index (κ2) is 7.34. The van der Waals surface area contributed by atoms with Crippen LogP contribution in [0.25, 0.3) is 0 Å². The molecular weight excluding hydrogens is 302 g/mol. The van der Waals surface area contributed by atoms with Crippen LogP contribution in [0.4, 0.5) is 0 Å². The van der Waals surface area contributed by atoms with Crippen molar-refractivity contribution in [2.24, 2.45) is 0 Å². The number of benzene rings is 1. The number of likely N-dealkylation sites (tertiary alicyclic amines) is 1.